The first-order valence-electron chi connectivity index (χ1n) is 9.14. The lowest BCUT2D eigenvalue weighted by Gasteiger charge is -2.18. The number of hydrogen-bond acceptors (Lipinski definition) is 5. The molecule has 1 aliphatic heterocycles. The van der Waals surface area contributed by atoms with Crippen molar-refractivity contribution in [2.75, 3.05) is 12.8 Å². The average molecular weight is 388 g/mol. The first-order chi connectivity index (χ1) is 12.8. The van der Waals surface area contributed by atoms with E-state index in [1.807, 2.05) is 20.0 Å². The highest BCUT2D eigenvalue weighted by atomic mass is 32.2. The minimum absolute atomic E-state index is 0.0702. The summed E-state index contributed by atoms with van der Waals surface area (Å²) in [5, 5.41) is 3.03. The van der Waals surface area contributed by atoms with E-state index in [-0.39, 0.29) is 17.7 Å². The Hall–Kier alpha value is -2.25. The fraction of sp³-hybridized carbons (Fsp3) is 0.400. The fourth-order valence-corrected chi connectivity index (χ4v) is 4.17. The van der Waals surface area contributed by atoms with Gasteiger partial charge in [0, 0.05) is 19.3 Å². The summed E-state index contributed by atoms with van der Waals surface area (Å²) in [6.45, 7) is 5.22. The van der Waals surface area contributed by atoms with Gasteiger partial charge in [-0.1, -0.05) is 26.0 Å². The number of nitrogens with zero attached hydrogens (tertiary/aromatic N) is 2. The predicted octanol–water partition coefficient (Wildman–Crippen LogP) is 2.70. The van der Waals surface area contributed by atoms with Gasteiger partial charge in [0.2, 0.25) is 0 Å². The third kappa shape index (κ3) is 4.20. The van der Waals surface area contributed by atoms with Crippen molar-refractivity contribution in [2.24, 2.45) is 0 Å². The summed E-state index contributed by atoms with van der Waals surface area (Å²) in [6.07, 6.45) is 2.32. The monoisotopic (exact) mass is 387 g/mol. The number of nitrogens with one attached hydrogen (secondary N) is 1. The highest BCUT2D eigenvalue weighted by molar-refractivity contribution is 7.91. The zero-order valence-corrected chi connectivity index (χ0v) is 16.7. The second-order valence-corrected chi connectivity index (χ2v) is 9.19. The standard InChI is InChI=1S/C20H25N3O3S/c1-4-18(14-6-8-17(9-7-14)27(25,26)5-2)22-20(24)15-10-16-12-23(3)13-19(16)21-11-15/h6-11,18H,4-5,12-13H2,1-3H3,(H,22,24). The molecule has 27 heavy (non-hydrogen) atoms. The van der Waals surface area contributed by atoms with Crippen LogP contribution in [0.5, 0.6) is 0 Å². The van der Waals surface area contributed by atoms with E-state index in [4.69, 9.17) is 0 Å². The van der Waals surface area contributed by atoms with Crippen LogP contribution in [-0.2, 0) is 22.9 Å². The molecule has 1 aliphatic rings. The van der Waals surface area contributed by atoms with Crippen LogP contribution in [0.4, 0.5) is 0 Å². The first kappa shape index (κ1) is 19.5. The van der Waals surface area contributed by atoms with E-state index in [0.29, 0.717) is 16.9 Å². The first-order valence-corrected chi connectivity index (χ1v) is 10.8. The van der Waals surface area contributed by atoms with Gasteiger partial charge in [0.05, 0.1) is 27.9 Å². The van der Waals surface area contributed by atoms with Crippen molar-refractivity contribution in [3.05, 3.63) is 58.9 Å². The molecule has 1 aromatic carbocycles. The molecule has 1 aromatic heterocycles. The number of hydrogen-bond donors (Lipinski definition) is 1. The Bertz CT molecular complexity index is 939. The molecule has 0 spiro atoms. The molecule has 1 unspecified atom stereocenters. The summed E-state index contributed by atoms with van der Waals surface area (Å²) in [5.74, 6) is -0.0992. The van der Waals surface area contributed by atoms with Gasteiger partial charge in [-0.25, -0.2) is 8.42 Å². The molecule has 144 valence electrons. The summed E-state index contributed by atoms with van der Waals surface area (Å²) in [5.41, 5.74) is 3.54. The van der Waals surface area contributed by atoms with Crippen LogP contribution >= 0.6 is 0 Å². The van der Waals surface area contributed by atoms with Gasteiger partial charge in [0.25, 0.3) is 5.91 Å². The van der Waals surface area contributed by atoms with Crippen LogP contribution in [0.3, 0.4) is 0 Å². The zero-order chi connectivity index (χ0) is 19.6. The number of pyridine rings is 1. The summed E-state index contributed by atoms with van der Waals surface area (Å²) in [4.78, 5) is 19.6. The maximum Gasteiger partial charge on any atom is 0.253 e. The van der Waals surface area contributed by atoms with Crippen LogP contribution in [0.15, 0.2) is 41.4 Å². The Labute approximate surface area is 160 Å². The van der Waals surface area contributed by atoms with Crippen molar-refractivity contribution in [2.45, 2.75) is 44.3 Å². The van der Waals surface area contributed by atoms with Gasteiger partial charge in [0.1, 0.15) is 0 Å². The van der Waals surface area contributed by atoms with E-state index in [1.54, 1.807) is 37.4 Å². The maximum atomic E-state index is 12.7. The van der Waals surface area contributed by atoms with Crippen LogP contribution in [0.1, 0.15) is 53.5 Å². The number of carbonyl (C=O) groups excluding carboxylic acids is 1. The molecule has 1 amide bonds. The Kier molecular flexibility index (Phi) is 5.62. The highest BCUT2D eigenvalue weighted by Gasteiger charge is 2.21. The van der Waals surface area contributed by atoms with Crippen molar-refractivity contribution in [3.8, 4) is 0 Å². The minimum Gasteiger partial charge on any atom is -0.345 e. The highest BCUT2D eigenvalue weighted by Crippen LogP contribution is 2.22. The normalized spacial score (nSPS) is 15.4. The van der Waals surface area contributed by atoms with Crippen molar-refractivity contribution in [1.29, 1.82) is 0 Å². The number of rotatable bonds is 6. The molecule has 0 saturated carbocycles. The van der Waals surface area contributed by atoms with E-state index in [1.165, 1.54) is 0 Å². The van der Waals surface area contributed by atoms with Crippen molar-refractivity contribution < 1.29 is 13.2 Å². The number of amides is 1. The lowest BCUT2D eigenvalue weighted by molar-refractivity contribution is 0.0935. The van der Waals surface area contributed by atoms with Gasteiger partial charge in [0.15, 0.2) is 9.84 Å². The third-order valence-electron chi connectivity index (χ3n) is 4.92. The molecule has 0 aliphatic carbocycles. The Morgan fingerprint density at radius 3 is 2.56 bits per heavy atom. The molecule has 7 heteroatoms. The van der Waals surface area contributed by atoms with E-state index in [0.717, 1.165) is 29.9 Å². The van der Waals surface area contributed by atoms with Crippen LogP contribution in [0.25, 0.3) is 0 Å². The number of sulfone groups is 1. The summed E-state index contributed by atoms with van der Waals surface area (Å²) in [7, 11) is -1.20. The molecule has 2 heterocycles. The van der Waals surface area contributed by atoms with Crippen LogP contribution < -0.4 is 5.32 Å². The average Bonchev–Trinajstić information content (AvgIpc) is 3.05. The molecule has 2 aromatic rings. The maximum absolute atomic E-state index is 12.7. The molecule has 3 rings (SSSR count). The largest absolute Gasteiger partial charge is 0.345 e. The molecule has 0 fully saturated rings. The van der Waals surface area contributed by atoms with Gasteiger partial charge in [-0.15, -0.1) is 0 Å². The van der Waals surface area contributed by atoms with Gasteiger partial charge >= 0.3 is 0 Å². The molecular formula is C20H25N3O3S. The van der Waals surface area contributed by atoms with E-state index < -0.39 is 9.84 Å². The Morgan fingerprint density at radius 1 is 1.22 bits per heavy atom. The molecule has 1 N–H and O–H groups in total. The smallest absolute Gasteiger partial charge is 0.253 e. The third-order valence-corrected chi connectivity index (χ3v) is 6.67. The predicted molar refractivity (Wildman–Crippen MR) is 104 cm³/mol. The minimum atomic E-state index is -3.22. The summed E-state index contributed by atoms with van der Waals surface area (Å²) in [6, 6.07) is 8.47. The van der Waals surface area contributed by atoms with Crippen molar-refractivity contribution in [3.63, 3.8) is 0 Å². The second-order valence-electron chi connectivity index (χ2n) is 6.91. The molecule has 6 nitrogen and oxygen atoms in total. The number of carbonyl (C=O) groups is 1. The number of aromatic nitrogens is 1. The summed E-state index contributed by atoms with van der Waals surface area (Å²) >= 11 is 0. The summed E-state index contributed by atoms with van der Waals surface area (Å²) < 4.78 is 23.9. The Morgan fingerprint density at radius 2 is 1.93 bits per heavy atom. The van der Waals surface area contributed by atoms with Gasteiger partial charge in [-0.3, -0.25) is 14.7 Å². The SMILES string of the molecule is CCC(NC(=O)c1cnc2c(c1)CN(C)C2)c1ccc(S(=O)(=O)CC)cc1. The van der Waals surface area contributed by atoms with Crippen LogP contribution in [0, 0.1) is 0 Å². The molecule has 0 radical (unpaired) electrons. The second kappa shape index (κ2) is 7.78. The van der Waals surface area contributed by atoms with E-state index >= 15 is 0 Å². The molecule has 1 atom stereocenters. The van der Waals surface area contributed by atoms with Crippen molar-refractivity contribution in [1.82, 2.24) is 15.2 Å². The molecule has 0 bridgehead atoms. The van der Waals surface area contributed by atoms with Gasteiger partial charge < -0.3 is 5.32 Å². The lowest BCUT2D eigenvalue weighted by atomic mass is 10.0. The quantitative estimate of drug-likeness (QED) is 0.824. The lowest BCUT2D eigenvalue weighted by Crippen LogP contribution is -2.28. The Balaban J connectivity index is 1.75. The molecule has 0 saturated heterocycles. The topological polar surface area (TPSA) is 79.4 Å². The van der Waals surface area contributed by atoms with E-state index in [9.17, 15) is 13.2 Å². The van der Waals surface area contributed by atoms with Crippen molar-refractivity contribution >= 4 is 15.7 Å². The van der Waals surface area contributed by atoms with Crippen LogP contribution in [0.2, 0.25) is 0 Å². The van der Waals surface area contributed by atoms with Crippen LogP contribution in [-0.4, -0.2) is 37.0 Å². The molecular weight excluding hydrogens is 362 g/mol. The zero-order valence-electron chi connectivity index (χ0n) is 15.9. The van der Waals surface area contributed by atoms with Gasteiger partial charge in [-0.2, -0.15) is 0 Å². The number of fused-ring (bicyclic) bond motifs is 1. The fourth-order valence-electron chi connectivity index (χ4n) is 3.28. The van der Waals surface area contributed by atoms with Gasteiger partial charge in [-0.05, 0) is 42.8 Å². The number of benzene rings is 1. The van der Waals surface area contributed by atoms with E-state index in [2.05, 4.69) is 15.2 Å².